The number of carbonyl (C=O) groups excluding carboxylic acids is 1. The van der Waals surface area contributed by atoms with Crippen LogP contribution in [0.4, 0.5) is 4.39 Å². The molecule has 1 aromatic carbocycles. The van der Waals surface area contributed by atoms with E-state index < -0.39 is 0 Å². The fourth-order valence-corrected chi connectivity index (χ4v) is 3.28. The van der Waals surface area contributed by atoms with E-state index in [0.717, 1.165) is 37.1 Å². The Bertz CT molecular complexity index is 727. The molecule has 1 saturated heterocycles. The van der Waals surface area contributed by atoms with Gasteiger partial charge in [0.05, 0.1) is 18.3 Å². The molecule has 0 bridgehead atoms. The molecule has 140 valence electrons. The molecule has 0 saturated carbocycles. The number of benzene rings is 1. The Morgan fingerprint density at radius 1 is 1.35 bits per heavy atom. The number of rotatable bonds is 6. The van der Waals surface area contributed by atoms with Crippen molar-refractivity contribution in [1.82, 2.24) is 15.4 Å². The van der Waals surface area contributed by atoms with E-state index >= 15 is 0 Å². The van der Waals surface area contributed by atoms with Gasteiger partial charge in [-0.15, -0.1) is 0 Å². The minimum absolute atomic E-state index is 0.00862. The molecule has 1 aromatic heterocycles. The Morgan fingerprint density at radius 2 is 2.12 bits per heavy atom. The van der Waals surface area contributed by atoms with E-state index in [1.165, 1.54) is 12.1 Å². The summed E-state index contributed by atoms with van der Waals surface area (Å²) in [6.45, 7) is 5.97. The summed E-state index contributed by atoms with van der Waals surface area (Å²) < 4.78 is 18.4. The summed E-state index contributed by atoms with van der Waals surface area (Å²) in [7, 11) is 0. The highest BCUT2D eigenvalue weighted by Gasteiger charge is 2.28. The molecule has 1 aliphatic heterocycles. The van der Waals surface area contributed by atoms with Crippen LogP contribution >= 0.6 is 0 Å². The van der Waals surface area contributed by atoms with Crippen LogP contribution in [-0.2, 0) is 17.9 Å². The smallest absolute Gasteiger partial charge is 0.237 e. The molecular formula is C20H26FN3O2. The quantitative estimate of drug-likeness (QED) is 0.856. The molecule has 1 amide bonds. The van der Waals surface area contributed by atoms with E-state index in [2.05, 4.69) is 29.2 Å². The van der Waals surface area contributed by atoms with Crippen molar-refractivity contribution in [2.24, 2.45) is 0 Å². The van der Waals surface area contributed by atoms with E-state index in [4.69, 9.17) is 4.52 Å². The van der Waals surface area contributed by atoms with Gasteiger partial charge in [0, 0.05) is 12.6 Å². The largest absolute Gasteiger partial charge is 0.359 e. The highest BCUT2D eigenvalue weighted by molar-refractivity contribution is 5.81. The summed E-state index contributed by atoms with van der Waals surface area (Å²) in [5.74, 6) is 0.736. The average molecular weight is 359 g/mol. The molecule has 5 nitrogen and oxygen atoms in total. The van der Waals surface area contributed by atoms with E-state index in [1.807, 2.05) is 6.07 Å². The Morgan fingerprint density at radius 3 is 2.81 bits per heavy atom. The van der Waals surface area contributed by atoms with Gasteiger partial charge in [0.2, 0.25) is 5.91 Å². The number of carbonyl (C=O) groups is 1. The lowest BCUT2D eigenvalue weighted by molar-refractivity contribution is -0.128. The van der Waals surface area contributed by atoms with Gasteiger partial charge in [0.25, 0.3) is 0 Å². The van der Waals surface area contributed by atoms with Crippen LogP contribution in [0.2, 0.25) is 0 Å². The van der Waals surface area contributed by atoms with Crippen molar-refractivity contribution in [2.45, 2.75) is 58.2 Å². The van der Waals surface area contributed by atoms with Gasteiger partial charge in [-0.2, -0.15) is 0 Å². The number of nitrogens with zero attached hydrogens (tertiary/aromatic N) is 2. The second-order valence-electron chi connectivity index (χ2n) is 7.20. The molecule has 0 spiro atoms. The fourth-order valence-electron chi connectivity index (χ4n) is 3.28. The number of hydrogen-bond donors (Lipinski definition) is 1. The number of likely N-dealkylation sites (tertiary alicyclic amines) is 1. The monoisotopic (exact) mass is 359 g/mol. The van der Waals surface area contributed by atoms with Crippen molar-refractivity contribution < 1.29 is 13.7 Å². The van der Waals surface area contributed by atoms with Crippen LogP contribution in [0, 0.1) is 5.82 Å². The Labute approximate surface area is 153 Å². The standard InChI is InChI=1S/C20H26FN3O2/c1-14(2)18-11-17(26-23-18)12-22-20(25)19-5-3-4-10-24(19)13-15-6-8-16(21)9-7-15/h6-9,11,14,19H,3-5,10,12-13H2,1-2H3,(H,22,25). The molecule has 1 aliphatic rings. The normalized spacial score (nSPS) is 18.2. The highest BCUT2D eigenvalue weighted by Crippen LogP contribution is 2.20. The van der Waals surface area contributed by atoms with Crippen LogP contribution < -0.4 is 5.32 Å². The van der Waals surface area contributed by atoms with Crippen molar-refractivity contribution in [3.05, 3.63) is 53.2 Å². The summed E-state index contributed by atoms with van der Waals surface area (Å²) in [6, 6.07) is 8.21. The zero-order chi connectivity index (χ0) is 18.5. The van der Waals surface area contributed by atoms with E-state index in [1.54, 1.807) is 12.1 Å². The van der Waals surface area contributed by atoms with Gasteiger partial charge in [0.15, 0.2) is 5.76 Å². The molecule has 0 aliphatic carbocycles. The van der Waals surface area contributed by atoms with Crippen LogP contribution in [0.3, 0.4) is 0 Å². The number of halogens is 1. The van der Waals surface area contributed by atoms with Gasteiger partial charge in [-0.05, 0) is 43.0 Å². The molecule has 0 radical (unpaired) electrons. The maximum atomic E-state index is 13.1. The first kappa shape index (κ1) is 18.6. The van der Waals surface area contributed by atoms with Crippen LogP contribution in [-0.4, -0.2) is 28.6 Å². The summed E-state index contributed by atoms with van der Waals surface area (Å²) in [5, 5.41) is 6.99. The minimum Gasteiger partial charge on any atom is -0.359 e. The number of hydrogen-bond acceptors (Lipinski definition) is 4. The number of nitrogens with one attached hydrogen (secondary N) is 1. The second-order valence-corrected chi connectivity index (χ2v) is 7.20. The predicted octanol–water partition coefficient (Wildman–Crippen LogP) is 3.61. The summed E-state index contributed by atoms with van der Waals surface area (Å²) >= 11 is 0. The van der Waals surface area contributed by atoms with Crippen molar-refractivity contribution in [3.63, 3.8) is 0 Å². The summed E-state index contributed by atoms with van der Waals surface area (Å²) in [5.41, 5.74) is 1.91. The Balaban J connectivity index is 1.59. The molecule has 26 heavy (non-hydrogen) atoms. The van der Waals surface area contributed by atoms with Crippen molar-refractivity contribution in [3.8, 4) is 0 Å². The van der Waals surface area contributed by atoms with Crippen LogP contribution in [0.15, 0.2) is 34.9 Å². The maximum Gasteiger partial charge on any atom is 0.237 e. The first-order valence-electron chi connectivity index (χ1n) is 9.24. The fraction of sp³-hybridized carbons (Fsp3) is 0.500. The van der Waals surface area contributed by atoms with Crippen molar-refractivity contribution >= 4 is 5.91 Å². The van der Waals surface area contributed by atoms with Gasteiger partial charge in [0.1, 0.15) is 5.82 Å². The van der Waals surface area contributed by atoms with Gasteiger partial charge < -0.3 is 9.84 Å². The molecular weight excluding hydrogens is 333 g/mol. The lowest BCUT2D eigenvalue weighted by atomic mass is 10.0. The van der Waals surface area contributed by atoms with Gasteiger partial charge >= 0.3 is 0 Å². The molecule has 1 atom stereocenters. The third kappa shape index (κ3) is 4.69. The average Bonchev–Trinajstić information content (AvgIpc) is 3.11. The molecule has 1 unspecified atom stereocenters. The van der Waals surface area contributed by atoms with Crippen LogP contribution in [0.25, 0.3) is 0 Å². The highest BCUT2D eigenvalue weighted by atomic mass is 19.1. The summed E-state index contributed by atoms with van der Waals surface area (Å²) in [6.07, 6.45) is 2.95. The molecule has 3 rings (SSSR count). The van der Waals surface area contributed by atoms with Gasteiger partial charge in [-0.25, -0.2) is 4.39 Å². The first-order chi connectivity index (χ1) is 12.5. The number of piperidine rings is 1. The summed E-state index contributed by atoms with van der Waals surface area (Å²) in [4.78, 5) is 14.9. The van der Waals surface area contributed by atoms with Crippen LogP contribution in [0.5, 0.6) is 0 Å². The van der Waals surface area contributed by atoms with E-state index in [0.29, 0.717) is 24.8 Å². The first-order valence-corrected chi connectivity index (χ1v) is 9.24. The van der Waals surface area contributed by atoms with E-state index in [9.17, 15) is 9.18 Å². The maximum absolute atomic E-state index is 13.1. The third-order valence-corrected chi connectivity index (χ3v) is 4.82. The zero-order valence-electron chi connectivity index (χ0n) is 15.4. The Hall–Kier alpha value is -2.21. The van der Waals surface area contributed by atoms with E-state index in [-0.39, 0.29) is 17.8 Å². The van der Waals surface area contributed by atoms with Gasteiger partial charge in [-0.1, -0.05) is 37.6 Å². The SMILES string of the molecule is CC(C)c1cc(CNC(=O)C2CCCCN2Cc2ccc(F)cc2)on1. The molecule has 6 heteroatoms. The Kier molecular flexibility index (Phi) is 6.04. The van der Waals surface area contributed by atoms with Crippen LogP contribution in [0.1, 0.15) is 56.0 Å². The predicted molar refractivity (Wildman–Crippen MR) is 96.9 cm³/mol. The topological polar surface area (TPSA) is 58.4 Å². The zero-order valence-corrected chi connectivity index (χ0v) is 15.4. The lowest BCUT2D eigenvalue weighted by Gasteiger charge is -2.34. The van der Waals surface area contributed by atoms with Crippen molar-refractivity contribution in [1.29, 1.82) is 0 Å². The second kappa shape index (κ2) is 8.45. The lowest BCUT2D eigenvalue weighted by Crippen LogP contribution is -2.48. The number of aromatic nitrogens is 1. The third-order valence-electron chi connectivity index (χ3n) is 4.82. The molecule has 2 aromatic rings. The van der Waals surface area contributed by atoms with Crippen molar-refractivity contribution in [2.75, 3.05) is 6.54 Å². The van der Waals surface area contributed by atoms with Gasteiger partial charge in [-0.3, -0.25) is 9.69 Å². The molecule has 1 fully saturated rings. The number of amides is 1. The molecule has 2 heterocycles. The minimum atomic E-state index is -0.241. The molecule has 1 N–H and O–H groups in total.